The number of halogens is 2. The summed E-state index contributed by atoms with van der Waals surface area (Å²) in [7, 11) is 0. The molecule has 0 unspecified atom stereocenters. The van der Waals surface area contributed by atoms with E-state index < -0.39 is 0 Å². The van der Waals surface area contributed by atoms with Crippen LogP contribution in [0.5, 0.6) is 0 Å². The van der Waals surface area contributed by atoms with Gasteiger partial charge in [0, 0.05) is 4.88 Å². The molecule has 0 N–H and O–H groups in total. The van der Waals surface area contributed by atoms with Crippen molar-refractivity contribution in [2.24, 2.45) is 0 Å². The Morgan fingerprint density at radius 2 is 2.22 bits per heavy atom. The van der Waals surface area contributed by atoms with Crippen molar-refractivity contribution < 1.29 is 0 Å². The molecule has 0 saturated heterocycles. The SMILES string of the molecule is Br/C=C/c1ccc(Br)s1. The maximum absolute atomic E-state index is 3.37. The molecule has 1 heterocycles. The smallest absolute Gasteiger partial charge is 0.0704 e. The molecule has 1 aromatic heterocycles. The van der Waals surface area contributed by atoms with Gasteiger partial charge in [0.05, 0.1) is 3.79 Å². The fraction of sp³-hybridized carbons (Fsp3) is 0. The van der Waals surface area contributed by atoms with Gasteiger partial charge in [0.1, 0.15) is 0 Å². The van der Waals surface area contributed by atoms with Crippen molar-refractivity contribution in [3.8, 4) is 0 Å². The first-order valence-electron chi connectivity index (χ1n) is 2.35. The van der Waals surface area contributed by atoms with Crippen LogP contribution in [0.4, 0.5) is 0 Å². The van der Waals surface area contributed by atoms with Crippen molar-refractivity contribution in [2.75, 3.05) is 0 Å². The minimum atomic E-state index is 1.17. The normalized spacial score (nSPS) is 10.9. The van der Waals surface area contributed by atoms with Gasteiger partial charge in [0.2, 0.25) is 0 Å². The highest BCUT2D eigenvalue weighted by atomic mass is 79.9. The molecule has 0 nitrogen and oxygen atoms in total. The van der Waals surface area contributed by atoms with E-state index in [1.807, 2.05) is 17.1 Å². The summed E-state index contributed by atoms with van der Waals surface area (Å²) < 4.78 is 1.17. The van der Waals surface area contributed by atoms with Crippen LogP contribution in [0, 0.1) is 0 Å². The van der Waals surface area contributed by atoms with Crippen LogP contribution >= 0.6 is 43.2 Å². The lowest BCUT2D eigenvalue weighted by Crippen LogP contribution is -1.48. The molecule has 3 heteroatoms. The zero-order valence-electron chi connectivity index (χ0n) is 4.47. The van der Waals surface area contributed by atoms with Crippen molar-refractivity contribution in [1.82, 2.24) is 0 Å². The summed E-state index contributed by atoms with van der Waals surface area (Å²) in [5.74, 6) is 0. The predicted octanol–water partition coefficient (Wildman–Crippen LogP) is 3.88. The summed E-state index contributed by atoms with van der Waals surface area (Å²) in [5.41, 5.74) is 0. The maximum atomic E-state index is 3.37. The van der Waals surface area contributed by atoms with Gasteiger partial charge in [0.25, 0.3) is 0 Å². The summed E-state index contributed by atoms with van der Waals surface area (Å²) in [4.78, 5) is 3.10. The number of thiophene rings is 1. The molecule has 0 atom stereocenters. The van der Waals surface area contributed by atoms with E-state index in [1.165, 1.54) is 8.66 Å². The van der Waals surface area contributed by atoms with E-state index in [9.17, 15) is 0 Å². The molecule has 9 heavy (non-hydrogen) atoms. The molecule has 0 aliphatic heterocycles. The van der Waals surface area contributed by atoms with Crippen LogP contribution in [0.15, 0.2) is 20.9 Å². The monoisotopic (exact) mass is 266 g/mol. The van der Waals surface area contributed by atoms with Gasteiger partial charge in [-0.15, -0.1) is 11.3 Å². The van der Waals surface area contributed by atoms with E-state index in [2.05, 4.69) is 37.9 Å². The van der Waals surface area contributed by atoms with Crippen LogP contribution in [0.25, 0.3) is 6.08 Å². The molecule has 0 radical (unpaired) electrons. The zero-order valence-corrected chi connectivity index (χ0v) is 8.46. The highest BCUT2D eigenvalue weighted by Gasteiger charge is 1.89. The third-order valence-corrected chi connectivity index (χ3v) is 2.67. The van der Waals surface area contributed by atoms with Gasteiger partial charge in [-0.2, -0.15) is 0 Å². The molecule has 1 rings (SSSR count). The molecule has 0 spiro atoms. The van der Waals surface area contributed by atoms with Crippen molar-refractivity contribution in [1.29, 1.82) is 0 Å². The van der Waals surface area contributed by atoms with E-state index in [0.29, 0.717) is 0 Å². The molecule has 0 aliphatic carbocycles. The third-order valence-electron chi connectivity index (χ3n) is 0.821. The average molecular weight is 268 g/mol. The van der Waals surface area contributed by atoms with Gasteiger partial charge in [0.15, 0.2) is 0 Å². The van der Waals surface area contributed by atoms with E-state index in [1.54, 1.807) is 11.3 Å². The largest absolute Gasteiger partial charge is 0.129 e. The number of hydrogen-bond donors (Lipinski definition) is 0. The van der Waals surface area contributed by atoms with Crippen molar-refractivity contribution in [3.05, 3.63) is 25.8 Å². The summed E-state index contributed by atoms with van der Waals surface area (Å²) in [6.45, 7) is 0. The van der Waals surface area contributed by atoms with E-state index in [0.717, 1.165) is 0 Å². The van der Waals surface area contributed by atoms with Crippen molar-refractivity contribution >= 4 is 49.3 Å². The van der Waals surface area contributed by atoms with Crippen molar-refractivity contribution in [2.45, 2.75) is 0 Å². The van der Waals surface area contributed by atoms with Crippen LogP contribution in [0.3, 0.4) is 0 Å². The Balaban J connectivity index is 2.85. The summed E-state index contributed by atoms with van der Waals surface area (Å²) in [6, 6.07) is 4.10. The Morgan fingerprint density at radius 3 is 2.67 bits per heavy atom. The molecule has 0 amide bonds. The van der Waals surface area contributed by atoms with E-state index >= 15 is 0 Å². The van der Waals surface area contributed by atoms with Crippen LogP contribution in [-0.2, 0) is 0 Å². The first-order chi connectivity index (χ1) is 4.33. The second kappa shape index (κ2) is 3.54. The zero-order chi connectivity index (χ0) is 6.69. The predicted molar refractivity (Wildman–Crippen MR) is 50.0 cm³/mol. The summed E-state index contributed by atoms with van der Waals surface area (Å²) >= 11 is 8.29. The average Bonchev–Trinajstić information content (AvgIpc) is 2.17. The van der Waals surface area contributed by atoms with Crippen LogP contribution < -0.4 is 0 Å². The number of rotatable bonds is 1. The Labute approximate surface area is 74.8 Å². The Morgan fingerprint density at radius 1 is 1.44 bits per heavy atom. The Kier molecular flexibility index (Phi) is 2.95. The highest BCUT2D eigenvalue weighted by Crippen LogP contribution is 2.23. The van der Waals surface area contributed by atoms with E-state index in [4.69, 9.17) is 0 Å². The molecular weight excluding hydrogens is 264 g/mol. The molecule has 0 aliphatic rings. The third kappa shape index (κ3) is 2.24. The minimum Gasteiger partial charge on any atom is -0.129 e. The van der Waals surface area contributed by atoms with E-state index in [-0.39, 0.29) is 0 Å². The lowest BCUT2D eigenvalue weighted by Gasteiger charge is -1.75. The fourth-order valence-corrected chi connectivity index (χ4v) is 2.27. The molecule has 0 saturated carbocycles. The second-order valence-electron chi connectivity index (χ2n) is 1.43. The van der Waals surface area contributed by atoms with Gasteiger partial charge in [-0.1, -0.05) is 15.9 Å². The molecular formula is C6H4Br2S. The second-order valence-corrected chi connectivity index (χ2v) is 4.46. The van der Waals surface area contributed by atoms with Crippen LogP contribution in [0.2, 0.25) is 0 Å². The van der Waals surface area contributed by atoms with Gasteiger partial charge in [-0.25, -0.2) is 0 Å². The summed E-state index contributed by atoms with van der Waals surface area (Å²) in [6.07, 6.45) is 2.01. The lowest BCUT2D eigenvalue weighted by molar-refractivity contribution is 1.93. The quantitative estimate of drug-likeness (QED) is 0.725. The Bertz CT molecular complexity index is 215. The lowest BCUT2D eigenvalue weighted by atomic mass is 10.5. The molecule has 48 valence electrons. The van der Waals surface area contributed by atoms with Crippen LogP contribution in [0.1, 0.15) is 4.88 Å². The van der Waals surface area contributed by atoms with Gasteiger partial charge in [-0.05, 0) is 39.1 Å². The van der Waals surface area contributed by atoms with Gasteiger partial charge < -0.3 is 0 Å². The fourth-order valence-electron chi connectivity index (χ4n) is 0.480. The molecule has 1 aromatic rings. The maximum Gasteiger partial charge on any atom is 0.0704 e. The van der Waals surface area contributed by atoms with Crippen LogP contribution in [-0.4, -0.2) is 0 Å². The van der Waals surface area contributed by atoms with Crippen molar-refractivity contribution in [3.63, 3.8) is 0 Å². The topological polar surface area (TPSA) is 0 Å². The summed E-state index contributed by atoms with van der Waals surface area (Å²) in [5, 5.41) is 0. The first kappa shape index (κ1) is 7.51. The Hall–Kier alpha value is 0.400. The van der Waals surface area contributed by atoms with Gasteiger partial charge in [-0.3, -0.25) is 0 Å². The standard InChI is InChI=1S/C6H4Br2S/c7-4-3-5-1-2-6(8)9-5/h1-4H/b4-3+. The number of hydrogen-bond acceptors (Lipinski definition) is 1. The highest BCUT2D eigenvalue weighted by molar-refractivity contribution is 9.11. The molecule has 0 aromatic carbocycles. The van der Waals surface area contributed by atoms with Gasteiger partial charge >= 0.3 is 0 Å². The minimum absolute atomic E-state index is 1.17. The molecule has 0 fully saturated rings. The first-order valence-corrected chi connectivity index (χ1v) is 4.87. The molecule has 0 bridgehead atoms.